The molecule has 0 radical (unpaired) electrons. The van der Waals surface area contributed by atoms with Gasteiger partial charge in [0.25, 0.3) is 5.91 Å². The third kappa shape index (κ3) is 2.10. The molecule has 0 aliphatic heterocycles. The van der Waals surface area contributed by atoms with Gasteiger partial charge < -0.3 is 16.8 Å². The Bertz CT molecular complexity index is 417. The normalized spacial score (nSPS) is 22.8. The molecule has 4 heteroatoms. The van der Waals surface area contributed by atoms with E-state index >= 15 is 0 Å². The van der Waals surface area contributed by atoms with Crippen LogP contribution in [0.1, 0.15) is 30.1 Å². The summed E-state index contributed by atoms with van der Waals surface area (Å²) in [6.07, 6.45) is 2.31. The molecule has 0 bridgehead atoms. The minimum Gasteiger partial charge on any atom is -0.399 e. The number of primary amides is 1. The van der Waals surface area contributed by atoms with E-state index in [9.17, 15) is 4.79 Å². The zero-order valence-electron chi connectivity index (χ0n) is 9.36. The summed E-state index contributed by atoms with van der Waals surface area (Å²) in [4.78, 5) is 11.2. The van der Waals surface area contributed by atoms with Gasteiger partial charge in [-0.3, -0.25) is 4.79 Å². The van der Waals surface area contributed by atoms with Crippen molar-refractivity contribution in [3.05, 3.63) is 23.8 Å². The molecule has 1 aliphatic carbocycles. The first-order valence-electron chi connectivity index (χ1n) is 5.57. The van der Waals surface area contributed by atoms with Crippen molar-refractivity contribution in [2.45, 2.75) is 25.8 Å². The summed E-state index contributed by atoms with van der Waals surface area (Å²) in [5.74, 6) is 0.290. The van der Waals surface area contributed by atoms with Crippen molar-refractivity contribution in [1.29, 1.82) is 0 Å². The van der Waals surface area contributed by atoms with Crippen LogP contribution >= 0.6 is 0 Å². The molecule has 1 aromatic carbocycles. The number of hydrogen-bond acceptors (Lipinski definition) is 3. The first-order valence-corrected chi connectivity index (χ1v) is 5.57. The summed E-state index contributed by atoms with van der Waals surface area (Å²) in [6.45, 7) is 2.17. The zero-order chi connectivity index (χ0) is 11.7. The van der Waals surface area contributed by atoms with Gasteiger partial charge in [0.15, 0.2) is 0 Å². The summed E-state index contributed by atoms with van der Waals surface area (Å²) in [7, 11) is 0. The SMILES string of the molecule is CCC1CC1Nc1cc(N)ccc1C(N)=O. The zero-order valence-corrected chi connectivity index (χ0v) is 9.36. The molecule has 0 saturated heterocycles. The average Bonchev–Trinajstić information content (AvgIpc) is 2.96. The predicted molar refractivity (Wildman–Crippen MR) is 65.2 cm³/mol. The summed E-state index contributed by atoms with van der Waals surface area (Å²) in [5, 5.41) is 3.33. The van der Waals surface area contributed by atoms with E-state index < -0.39 is 5.91 Å². The lowest BCUT2D eigenvalue weighted by Gasteiger charge is -2.10. The number of rotatable bonds is 4. The summed E-state index contributed by atoms with van der Waals surface area (Å²) >= 11 is 0. The van der Waals surface area contributed by atoms with Crippen LogP contribution in [0.3, 0.4) is 0 Å². The summed E-state index contributed by atoms with van der Waals surface area (Å²) in [6, 6.07) is 5.59. The molecule has 86 valence electrons. The van der Waals surface area contributed by atoms with Crippen molar-refractivity contribution in [3.63, 3.8) is 0 Å². The van der Waals surface area contributed by atoms with Crippen molar-refractivity contribution < 1.29 is 4.79 Å². The monoisotopic (exact) mass is 219 g/mol. The topological polar surface area (TPSA) is 81.1 Å². The van der Waals surface area contributed by atoms with Crippen LogP contribution in [0.5, 0.6) is 0 Å². The molecule has 2 atom stereocenters. The molecule has 2 unspecified atom stereocenters. The standard InChI is InChI=1S/C12H17N3O/c1-2-7-5-10(7)15-11-6-8(13)3-4-9(11)12(14)16/h3-4,6-7,10,15H,2,5,13H2,1H3,(H2,14,16). The fourth-order valence-electron chi connectivity index (χ4n) is 1.97. The number of nitrogens with two attached hydrogens (primary N) is 2. The molecule has 1 fully saturated rings. The van der Waals surface area contributed by atoms with E-state index in [0.29, 0.717) is 23.2 Å². The Hall–Kier alpha value is -1.71. The highest BCUT2D eigenvalue weighted by Crippen LogP contribution is 2.37. The fourth-order valence-corrected chi connectivity index (χ4v) is 1.97. The molecule has 1 saturated carbocycles. The minimum atomic E-state index is -0.420. The number of hydrogen-bond donors (Lipinski definition) is 3. The number of carbonyl (C=O) groups is 1. The Morgan fingerprint density at radius 1 is 1.56 bits per heavy atom. The van der Waals surface area contributed by atoms with E-state index in [0.717, 1.165) is 18.5 Å². The quantitative estimate of drug-likeness (QED) is 0.672. The second-order valence-corrected chi connectivity index (χ2v) is 4.32. The van der Waals surface area contributed by atoms with E-state index in [1.54, 1.807) is 18.2 Å². The van der Waals surface area contributed by atoms with E-state index in [2.05, 4.69) is 12.2 Å². The van der Waals surface area contributed by atoms with Gasteiger partial charge in [-0.05, 0) is 30.5 Å². The van der Waals surface area contributed by atoms with E-state index in [4.69, 9.17) is 11.5 Å². The van der Waals surface area contributed by atoms with Gasteiger partial charge in [0.05, 0.1) is 5.56 Å². The van der Waals surface area contributed by atoms with Crippen LogP contribution in [-0.2, 0) is 0 Å². The number of nitrogen functional groups attached to an aromatic ring is 1. The molecular formula is C12H17N3O. The Morgan fingerprint density at radius 3 is 2.88 bits per heavy atom. The smallest absolute Gasteiger partial charge is 0.250 e. The summed E-state index contributed by atoms with van der Waals surface area (Å²) in [5.41, 5.74) is 12.9. The highest BCUT2D eigenvalue weighted by atomic mass is 16.1. The van der Waals surface area contributed by atoms with Crippen LogP contribution in [0.4, 0.5) is 11.4 Å². The second-order valence-electron chi connectivity index (χ2n) is 4.32. The number of anilines is 2. The molecular weight excluding hydrogens is 202 g/mol. The molecule has 0 aromatic heterocycles. The second kappa shape index (κ2) is 4.04. The highest BCUT2D eigenvalue weighted by molar-refractivity contribution is 5.99. The Balaban J connectivity index is 2.18. The van der Waals surface area contributed by atoms with Gasteiger partial charge in [-0.1, -0.05) is 13.3 Å². The maximum atomic E-state index is 11.2. The van der Waals surface area contributed by atoms with E-state index in [1.807, 2.05) is 0 Å². The first-order chi connectivity index (χ1) is 7.61. The molecule has 0 heterocycles. The first kappa shape index (κ1) is 10.8. The van der Waals surface area contributed by atoms with Crippen LogP contribution in [-0.4, -0.2) is 11.9 Å². The Morgan fingerprint density at radius 2 is 2.31 bits per heavy atom. The van der Waals surface area contributed by atoms with Gasteiger partial charge >= 0.3 is 0 Å². The Kier molecular flexibility index (Phi) is 2.73. The third-order valence-electron chi connectivity index (χ3n) is 3.10. The van der Waals surface area contributed by atoms with Crippen molar-refractivity contribution >= 4 is 17.3 Å². The van der Waals surface area contributed by atoms with E-state index in [-0.39, 0.29) is 0 Å². The van der Waals surface area contributed by atoms with Crippen LogP contribution < -0.4 is 16.8 Å². The molecule has 1 amide bonds. The predicted octanol–water partition coefficient (Wildman–Crippen LogP) is 1.58. The van der Waals surface area contributed by atoms with Crippen LogP contribution in [0.2, 0.25) is 0 Å². The number of benzene rings is 1. The fraction of sp³-hybridized carbons (Fsp3) is 0.417. The molecule has 5 N–H and O–H groups in total. The van der Waals surface area contributed by atoms with E-state index in [1.165, 1.54) is 0 Å². The number of amides is 1. The molecule has 16 heavy (non-hydrogen) atoms. The molecule has 2 rings (SSSR count). The van der Waals surface area contributed by atoms with Crippen LogP contribution in [0.15, 0.2) is 18.2 Å². The van der Waals surface area contributed by atoms with Gasteiger partial charge in [-0.25, -0.2) is 0 Å². The summed E-state index contributed by atoms with van der Waals surface area (Å²) < 4.78 is 0. The lowest BCUT2D eigenvalue weighted by Crippen LogP contribution is -2.16. The van der Waals surface area contributed by atoms with Crippen molar-refractivity contribution in [2.24, 2.45) is 11.7 Å². The average molecular weight is 219 g/mol. The van der Waals surface area contributed by atoms with Crippen molar-refractivity contribution in [3.8, 4) is 0 Å². The van der Waals surface area contributed by atoms with Crippen LogP contribution in [0.25, 0.3) is 0 Å². The molecule has 1 aromatic rings. The lowest BCUT2D eigenvalue weighted by atomic mass is 10.1. The third-order valence-corrected chi connectivity index (χ3v) is 3.10. The van der Waals surface area contributed by atoms with Gasteiger partial charge in [-0.2, -0.15) is 0 Å². The van der Waals surface area contributed by atoms with Gasteiger partial charge in [0, 0.05) is 17.4 Å². The maximum absolute atomic E-state index is 11.2. The minimum absolute atomic E-state index is 0.420. The molecule has 1 aliphatic rings. The van der Waals surface area contributed by atoms with Crippen LogP contribution in [0, 0.1) is 5.92 Å². The largest absolute Gasteiger partial charge is 0.399 e. The maximum Gasteiger partial charge on any atom is 0.250 e. The lowest BCUT2D eigenvalue weighted by molar-refractivity contribution is 0.100. The molecule has 4 nitrogen and oxygen atoms in total. The van der Waals surface area contributed by atoms with Crippen molar-refractivity contribution in [1.82, 2.24) is 0 Å². The van der Waals surface area contributed by atoms with Crippen molar-refractivity contribution in [2.75, 3.05) is 11.1 Å². The number of carbonyl (C=O) groups excluding carboxylic acids is 1. The molecule has 0 spiro atoms. The number of nitrogens with one attached hydrogen (secondary N) is 1. The van der Waals surface area contributed by atoms with Gasteiger partial charge in [-0.15, -0.1) is 0 Å². The Labute approximate surface area is 95.0 Å². The van der Waals surface area contributed by atoms with Gasteiger partial charge in [0.2, 0.25) is 0 Å². The highest BCUT2D eigenvalue weighted by Gasteiger charge is 2.35. The van der Waals surface area contributed by atoms with Gasteiger partial charge in [0.1, 0.15) is 0 Å².